The Morgan fingerprint density at radius 2 is 2.18 bits per heavy atom. The van der Waals surface area contributed by atoms with Crippen molar-refractivity contribution in [1.29, 1.82) is 0 Å². The molecule has 1 aliphatic heterocycles. The van der Waals surface area contributed by atoms with Crippen molar-refractivity contribution in [3.8, 4) is 0 Å². The van der Waals surface area contributed by atoms with E-state index >= 15 is 0 Å². The zero-order valence-electron chi connectivity index (χ0n) is 10.9. The quantitative estimate of drug-likeness (QED) is 0.898. The summed E-state index contributed by atoms with van der Waals surface area (Å²) in [5.74, 6) is 1.63. The molecule has 0 bridgehead atoms. The molecule has 0 aromatic carbocycles. The van der Waals surface area contributed by atoms with Crippen molar-refractivity contribution in [2.75, 3.05) is 5.75 Å². The van der Waals surface area contributed by atoms with Crippen molar-refractivity contribution < 1.29 is 0 Å². The van der Waals surface area contributed by atoms with E-state index in [0.29, 0.717) is 12.0 Å². The maximum atomic E-state index is 4.89. The van der Waals surface area contributed by atoms with Crippen LogP contribution in [0, 0.1) is 5.92 Å². The molecular formula is C13H20N2S2. The molecule has 0 aliphatic carbocycles. The lowest BCUT2D eigenvalue weighted by Gasteiger charge is -2.18. The molecule has 1 saturated heterocycles. The number of hydrogen-bond acceptors (Lipinski definition) is 3. The highest BCUT2D eigenvalue weighted by molar-refractivity contribution is 8.14. The van der Waals surface area contributed by atoms with Crippen molar-refractivity contribution in [3.05, 3.63) is 22.4 Å². The standard InChI is InChI=1S/C13H20N2S2/c1-9(2)11(10-6-5-7-16-10)14-12-15-13(3,4)8-17-12/h5-7,9,11H,8H2,1-4H3,(H,14,15). The minimum atomic E-state index is 0.181. The van der Waals surface area contributed by atoms with Gasteiger partial charge >= 0.3 is 0 Å². The summed E-state index contributed by atoms with van der Waals surface area (Å²) in [6, 6.07) is 4.58. The molecule has 1 unspecified atom stereocenters. The van der Waals surface area contributed by atoms with E-state index in [-0.39, 0.29) is 5.54 Å². The first kappa shape index (κ1) is 13.0. The predicted octanol–water partition coefficient (Wildman–Crippen LogP) is 3.92. The van der Waals surface area contributed by atoms with E-state index in [0.717, 1.165) is 10.9 Å². The number of nitrogens with zero attached hydrogens (tertiary/aromatic N) is 1. The van der Waals surface area contributed by atoms with Crippen LogP contribution in [0.15, 0.2) is 22.5 Å². The van der Waals surface area contributed by atoms with Gasteiger partial charge in [0.15, 0.2) is 5.17 Å². The van der Waals surface area contributed by atoms with Crippen molar-refractivity contribution >= 4 is 28.3 Å². The highest BCUT2D eigenvalue weighted by Gasteiger charge is 2.28. The monoisotopic (exact) mass is 268 g/mol. The largest absolute Gasteiger partial charge is 0.359 e. The molecule has 1 aliphatic rings. The molecule has 2 rings (SSSR count). The van der Waals surface area contributed by atoms with Gasteiger partial charge in [-0.1, -0.05) is 31.7 Å². The van der Waals surface area contributed by atoms with Gasteiger partial charge in [-0.25, -0.2) is 0 Å². The van der Waals surface area contributed by atoms with Crippen LogP contribution in [0.2, 0.25) is 0 Å². The van der Waals surface area contributed by atoms with E-state index in [9.17, 15) is 0 Å². The third-order valence-electron chi connectivity index (χ3n) is 2.74. The molecule has 1 aromatic heterocycles. The fourth-order valence-corrected chi connectivity index (χ4v) is 3.85. The lowest BCUT2D eigenvalue weighted by atomic mass is 10.0. The van der Waals surface area contributed by atoms with Gasteiger partial charge in [-0.3, -0.25) is 4.99 Å². The average Bonchev–Trinajstić information content (AvgIpc) is 2.83. The van der Waals surface area contributed by atoms with Gasteiger partial charge in [0.1, 0.15) is 0 Å². The molecule has 1 fully saturated rings. The summed E-state index contributed by atoms with van der Waals surface area (Å²) >= 11 is 3.63. The molecule has 2 heterocycles. The van der Waals surface area contributed by atoms with E-state index in [2.05, 4.69) is 50.5 Å². The zero-order valence-corrected chi connectivity index (χ0v) is 12.5. The summed E-state index contributed by atoms with van der Waals surface area (Å²) in [5.41, 5.74) is 0.181. The number of thioether (sulfide) groups is 1. The zero-order chi connectivity index (χ0) is 12.5. The summed E-state index contributed by atoms with van der Waals surface area (Å²) in [4.78, 5) is 6.25. The maximum absolute atomic E-state index is 4.89. The van der Waals surface area contributed by atoms with Crippen LogP contribution in [0.25, 0.3) is 0 Å². The SMILES string of the molecule is CC(C)C(N=C1NC(C)(C)CS1)c1cccs1. The molecule has 2 nitrogen and oxygen atoms in total. The molecule has 0 saturated carbocycles. The number of nitrogens with one attached hydrogen (secondary N) is 1. The highest BCUT2D eigenvalue weighted by Crippen LogP contribution is 2.32. The van der Waals surface area contributed by atoms with Crippen LogP contribution in [0.5, 0.6) is 0 Å². The summed E-state index contributed by atoms with van der Waals surface area (Å²) in [6.45, 7) is 8.91. The van der Waals surface area contributed by atoms with E-state index < -0.39 is 0 Å². The van der Waals surface area contributed by atoms with E-state index in [1.165, 1.54) is 4.88 Å². The fraction of sp³-hybridized carbons (Fsp3) is 0.615. The van der Waals surface area contributed by atoms with Gasteiger partial charge in [0.25, 0.3) is 0 Å². The summed E-state index contributed by atoms with van der Waals surface area (Å²) in [5, 5.41) is 6.72. The Morgan fingerprint density at radius 3 is 2.65 bits per heavy atom. The van der Waals surface area contributed by atoms with Gasteiger partial charge in [0.2, 0.25) is 0 Å². The van der Waals surface area contributed by atoms with Crippen LogP contribution < -0.4 is 5.32 Å². The van der Waals surface area contributed by atoms with Crippen LogP contribution in [-0.4, -0.2) is 16.5 Å². The molecule has 0 amide bonds. The van der Waals surface area contributed by atoms with Crippen LogP contribution in [0.3, 0.4) is 0 Å². The van der Waals surface area contributed by atoms with Gasteiger partial charge in [-0.05, 0) is 31.2 Å². The molecule has 0 spiro atoms. The number of rotatable bonds is 3. The fourth-order valence-electron chi connectivity index (χ4n) is 1.81. The second-order valence-corrected chi connectivity index (χ2v) is 7.38. The minimum absolute atomic E-state index is 0.181. The molecule has 94 valence electrons. The maximum Gasteiger partial charge on any atom is 0.157 e. The topological polar surface area (TPSA) is 24.4 Å². The highest BCUT2D eigenvalue weighted by atomic mass is 32.2. The number of amidine groups is 1. The van der Waals surface area contributed by atoms with Crippen LogP contribution >= 0.6 is 23.1 Å². The van der Waals surface area contributed by atoms with Gasteiger partial charge < -0.3 is 5.32 Å². The van der Waals surface area contributed by atoms with Crippen molar-refractivity contribution in [2.24, 2.45) is 10.9 Å². The number of hydrogen-bond donors (Lipinski definition) is 1. The third-order valence-corrected chi connectivity index (χ3v) is 5.03. The Balaban J connectivity index is 2.17. The second kappa shape index (κ2) is 5.02. The minimum Gasteiger partial charge on any atom is -0.359 e. The Kier molecular flexibility index (Phi) is 3.83. The Labute approximate surface area is 112 Å². The van der Waals surface area contributed by atoms with E-state index in [1.807, 2.05) is 11.8 Å². The van der Waals surface area contributed by atoms with Crippen LogP contribution in [0.4, 0.5) is 0 Å². The summed E-state index contributed by atoms with van der Waals surface area (Å²) in [6.07, 6.45) is 0. The summed E-state index contributed by atoms with van der Waals surface area (Å²) in [7, 11) is 0. The first-order valence-electron chi connectivity index (χ1n) is 6.00. The average molecular weight is 268 g/mol. The van der Waals surface area contributed by atoms with Gasteiger partial charge in [-0.2, -0.15) is 0 Å². The Morgan fingerprint density at radius 1 is 1.41 bits per heavy atom. The number of aliphatic imine (C=N–C) groups is 1. The first-order valence-corrected chi connectivity index (χ1v) is 7.87. The number of thiophene rings is 1. The van der Waals surface area contributed by atoms with Gasteiger partial charge in [0, 0.05) is 16.2 Å². The molecular weight excluding hydrogens is 248 g/mol. The first-order chi connectivity index (χ1) is 7.98. The molecule has 1 N–H and O–H groups in total. The van der Waals surface area contributed by atoms with Gasteiger partial charge in [0.05, 0.1) is 6.04 Å². The van der Waals surface area contributed by atoms with Crippen LogP contribution in [0.1, 0.15) is 38.6 Å². The summed E-state index contributed by atoms with van der Waals surface area (Å²) < 4.78 is 0. The second-order valence-electron chi connectivity index (χ2n) is 5.44. The molecule has 17 heavy (non-hydrogen) atoms. The van der Waals surface area contributed by atoms with E-state index in [1.54, 1.807) is 11.3 Å². The molecule has 4 heteroatoms. The third kappa shape index (κ3) is 3.26. The predicted molar refractivity (Wildman–Crippen MR) is 79.0 cm³/mol. The normalized spacial score (nSPS) is 23.0. The Hall–Kier alpha value is -0.480. The smallest absolute Gasteiger partial charge is 0.157 e. The van der Waals surface area contributed by atoms with Crippen molar-refractivity contribution in [2.45, 2.75) is 39.3 Å². The van der Waals surface area contributed by atoms with E-state index in [4.69, 9.17) is 4.99 Å². The van der Waals surface area contributed by atoms with Crippen LogP contribution in [-0.2, 0) is 0 Å². The lowest BCUT2D eigenvalue weighted by Crippen LogP contribution is -2.37. The van der Waals surface area contributed by atoms with Crippen molar-refractivity contribution in [1.82, 2.24) is 5.32 Å². The van der Waals surface area contributed by atoms with Crippen molar-refractivity contribution in [3.63, 3.8) is 0 Å². The van der Waals surface area contributed by atoms with Gasteiger partial charge in [-0.15, -0.1) is 11.3 Å². The Bertz CT molecular complexity index is 394. The lowest BCUT2D eigenvalue weighted by molar-refractivity contribution is 0.509. The molecule has 0 radical (unpaired) electrons. The molecule has 1 aromatic rings. The molecule has 1 atom stereocenters.